The van der Waals surface area contributed by atoms with Crippen molar-refractivity contribution in [2.75, 3.05) is 6.26 Å². The van der Waals surface area contributed by atoms with Crippen molar-refractivity contribution in [2.45, 2.75) is 11.1 Å². The maximum atomic E-state index is 10.9. The molecule has 0 unspecified atom stereocenters. The van der Waals surface area contributed by atoms with Crippen LogP contribution < -0.4 is 0 Å². The molecule has 0 aromatic heterocycles. The quantitative estimate of drug-likeness (QED) is 0.535. The zero-order valence-electron chi connectivity index (χ0n) is 11.4. The Balaban J connectivity index is 0.000000219. The van der Waals surface area contributed by atoms with Gasteiger partial charge >= 0.3 is 0 Å². The predicted octanol–water partition coefficient (Wildman–Crippen LogP) is 5.34. The first kappa shape index (κ1) is 18.9. The summed E-state index contributed by atoms with van der Waals surface area (Å²) in [4.78, 5) is 0. The molecule has 6 heteroatoms. The minimum Gasteiger partial charge on any atom is -0.229 e. The molecule has 0 aliphatic rings. The van der Waals surface area contributed by atoms with Crippen LogP contribution in [-0.2, 0) is 20.9 Å². The van der Waals surface area contributed by atoms with Gasteiger partial charge in [0.2, 0.25) is 0 Å². The average Bonchev–Trinajstić information content (AvgIpc) is 2.42. The lowest BCUT2D eigenvalue weighted by Gasteiger charge is -1.98. The lowest BCUT2D eigenvalue weighted by molar-refractivity contribution is 0.601. The van der Waals surface area contributed by atoms with Crippen LogP contribution in [0.3, 0.4) is 0 Å². The minimum absolute atomic E-state index is 0.111. The highest BCUT2D eigenvalue weighted by Gasteiger charge is 2.03. The first-order chi connectivity index (χ1) is 9.80. The van der Waals surface area contributed by atoms with Gasteiger partial charge in [0.25, 0.3) is 0 Å². The van der Waals surface area contributed by atoms with E-state index in [0.717, 1.165) is 19.8 Å². The number of halogens is 3. The zero-order valence-corrected chi connectivity index (χ0v) is 17.0. The highest BCUT2D eigenvalue weighted by Crippen LogP contribution is 2.12. The second-order valence-corrected chi connectivity index (χ2v) is 8.99. The van der Waals surface area contributed by atoms with Crippen LogP contribution in [0.4, 0.5) is 0 Å². The summed E-state index contributed by atoms with van der Waals surface area (Å²) in [7, 11) is -2.91. The van der Waals surface area contributed by atoms with Gasteiger partial charge in [0, 0.05) is 20.5 Å². The average molecular weight is 499 g/mol. The van der Waals surface area contributed by atoms with Crippen LogP contribution in [0.15, 0.2) is 57.5 Å². The van der Waals surface area contributed by atoms with E-state index in [9.17, 15) is 8.42 Å². The highest BCUT2D eigenvalue weighted by molar-refractivity contribution is 9.10. The SMILES string of the molecule is BrCc1ccc(Br)cc1.CS(=O)(=O)Cc1ccc(Br)cc1. The Morgan fingerprint density at radius 3 is 1.52 bits per heavy atom. The molecule has 0 aliphatic carbocycles. The van der Waals surface area contributed by atoms with Crippen molar-refractivity contribution >= 4 is 57.6 Å². The fraction of sp³-hybridized carbons (Fsp3) is 0.200. The summed E-state index contributed by atoms with van der Waals surface area (Å²) in [5.74, 6) is 0.111. The molecule has 0 bridgehead atoms. The van der Waals surface area contributed by atoms with E-state index in [-0.39, 0.29) is 5.75 Å². The molecule has 0 atom stereocenters. The predicted molar refractivity (Wildman–Crippen MR) is 99.5 cm³/mol. The first-order valence-electron chi connectivity index (χ1n) is 6.03. The van der Waals surface area contributed by atoms with E-state index in [0.29, 0.717) is 0 Å². The number of benzene rings is 2. The molecule has 21 heavy (non-hydrogen) atoms. The summed E-state index contributed by atoms with van der Waals surface area (Å²) in [6, 6.07) is 15.5. The number of rotatable bonds is 3. The lowest BCUT2D eigenvalue weighted by Crippen LogP contribution is -1.99. The molecule has 2 nitrogen and oxygen atoms in total. The van der Waals surface area contributed by atoms with Gasteiger partial charge in [-0.05, 0) is 35.4 Å². The van der Waals surface area contributed by atoms with Crippen molar-refractivity contribution in [3.63, 3.8) is 0 Å². The summed E-state index contributed by atoms with van der Waals surface area (Å²) >= 11 is 10.0. The van der Waals surface area contributed by atoms with Crippen molar-refractivity contribution < 1.29 is 8.42 Å². The van der Waals surface area contributed by atoms with Gasteiger partial charge in [-0.25, -0.2) is 8.42 Å². The minimum atomic E-state index is -2.91. The van der Waals surface area contributed by atoms with E-state index in [1.54, 1.807) is 12.1 Å². The number of hydrogen-bond donors (Lipinski definition) is 0. The molecule has 0 N–H and O–H groups in total. The Bertz CT molecular complexity index is 650. The molecular weight excluding hydrogens is 484 g/mol. The summed E-state index contributed by atoms with van der Waals surface area (Å²) in [6.45, 7) is 0. The number of sulfone groups is 1. The molecule has 114 valence electrons. The summed E-state index contributed by atoms with van der Waals surface area (Å²) in [6.07, 6.45) is 1.23. The fourth-order valence-corrected chi connectivity index (χ4v) is 3.16. The number of hydrogen-bond acceptors (Lipinski definition) is 2. The molecule has 0 aliphatic heterocycles. The Morgan fingerprint density at radius 2 is 1.19 bits per heavy atom. The third kappa shape index (κ3) is 8.76. The maximum Gasteiger partial charge on any atom is 0.151 e. The molecule has 0 fully saturated rings. The standard InChI is InChI=1S/C8H9BrO2S.C7H6Br2/c1-12(10,11)6-7-2-4-8(9)5-3-7;8-5-6-1-3-7(9)4-2-6/h2-5H,6H2,1H3;1-4H,5H2. The van der Waals surface area contributed by atoms with E-state index in [1.807, 2.05) is 24.3 Å². The largest absolute Gasteiger partial charge is 0.229 e. The smallest absolute Gasteiger partial charge is 0.151 e. The number of alkyl halides is 1. The second-order valence-electron chi connectivity index (χ2n) is 4.46. The van der Waals surface area contributed by atoms with Gasteiger partial charge in [-0.1, -0.05) is 72.1 Å². The van der Waals surface area contributed by atoms with E-state index in [2.05, 4.69) is 59.9 Å². The van der Waals surface area contributed by atoms with Gasteiger partial charge < -0.3 is 0 Å². The molecule has 0 saturated heterocycles. The first-order valence-corrected chi connectivity index (χ1v) is 10.8. The molecule has 0 saturated carbocycles. The zero-order chi connectivity index (χ0) is 15.9. The van der Waals surface area contributed by atoms with Crippen molar-refractivity contribution in [1.82, 2.24) is 0 Å². The van der Waals surface area contributed by atoms with Gasteiger partial charge in [0.15, 0.2) is 9.84 Å². The van der Waals surface area contributed by atoms with Crippen molar-refractivity contribution in [3.8, 4) is 0 Å². The lowest BCUT2D eigenvalue weighted by atomic mass is 10.2. The third-order valence-corrected chi connectivity index (χ3v) is 4.97. The maximum absolute atomic E-state index is 10.9. The van der Waals surface area contributed by atoms with Crippen LogP contribution in [0, 0.1) is 0 Å². The van der Waals surface area contributed by atoms with E-state index in [4.69, 9.17) is 0 Å². The monoisotopic (exact) mass is 496 g/mol. The molecule has 0 spiro atoms. The van der Waals surface area contributed by atoms with Gasteiger partial charge in [-0.2, -0.15) is 0 Å². The van der Waals surface area contributed by atoms with Crippen LogP contribution in [0.25, 0.3) is 0 Å². The van der Waals surface area contributed by atoms with Crippen LogP contribution in [0.5, 0.6) is 0 Å². The summed E-state index contributed by atoms with van der Waals surface area (Å²) < 4.78 is 23.8. The Kier molecular flexibility index (Phi) is 8.16. The molecule has 2 aromatic rings. The third-order valence-electron chi connectivity index (χ3n) is 2.41. The molecule has 0 amide bonds. The van der Waals surface area contributed by atoms with Gasteiger partial charge in [-0.3, -0.25) is 0 Å². The summed E-state index contributed by atoms with van der Waals surface area (Å²) in [5.41, 5.74) is 2.12. The Morgan fingerprint density at radius 1 is 0.810 bits per heavy atom. The van der Waals surface area contributed by atoms with E-state index < -0.39 is 9.84 Å². The van der Waals surface area contributed by atoms with Gasteiger partial charge in [-0.15, -0.1) is 0 Å². The van der Waals surface area contributed by atoms with E-state index in [1.165, 1.54) is 11.8 Å². The molecule has 0 radical (unpaired) electrons. The fourth-order valence-electron chi connectivity index (χ4n) is 1.46. The molecule has 2 rings (SSSR count). The van der Waals surface area contributed by atoms with Gasteiger partial charge in [0.05, 0.1) is 5.75 Å². The van der Waals surface area contributed by atoms with E-state index >= 15 is 0 Å². The Labute approximate surface area is 151 Å². The molecule has 2 aromatic carbocycles. The molecule has 0 heterocycles. The van der Waals surface area contributed by atoms with Crippen molar-refractivity contribution in [2.24, 2.45) is 0 Å². The topological polar surface area (TPSA) is 34.1 Å². The normalized spacial score (nSPS) is 10.7. The van der Waals surface area contributed by atoms with Crippen molar-refractivity contribution in [3.05, 3.63) is 68.6 Å². The summed E-state index contributed by atoms with van der Waals surface area (Å²) in [5, 5.41) is 0.931. The second kappa shape index (κ2) is 9.08. The van der Waals surface area contributed by atoms with Gasteiger partial charge in [0.1, 0.15) is 0 Å². The van der Waals surface area contributed by atoms with Crippen LogP contribution in [-0.4, -0.2) is 14.7 Å². The van der Waals surface area contributed by atoms with Crippen LogP contribution in [0.2, 0.25) is 0 Å². The van der Waals surface area contributed by atoms with Crippen LogP contribution >= 0.6 is 47.8 Å². The van der Waals surface area contributed by atoms with Crippen LogP contribution in [0.1, 0.15) is 11.1 Å². The Hall–Kier alpha value is -0.170. The van der Waals surface area contributed by atoms with Crippen molar-refractivity contribution in [1.29, 1.82) is 0 Å². The molecular formula is C15H15Br3O2S. The highest BCUT2D eigenvalue weighted by atomic mass is 79.9.